The molecule has 28 heavy (non-hydrogen) atoms. The number of fused-ring (bicyclic) bond motifs is 1. The SMILES string of the molecule is C=C/C=C\C(=C/CC)c1c(-c2ccc(C)cc2)oc2ncc(Br)c(Cl)c12.CC. The van der Waals surface area contributed by atoms with E-state index in [2.05, 4.69) is 71.7 Å². The van der Waals surface area contributed by atoms with E-state index in [4.69, 9.17) is 16.0 Å². The molecule has 2 aromatic heterocycles. The zero-order valence-electron chi connectivity index (χ0n) is 16.7. The molecule has 0 saturated carbocycles. The topological polar surface area (TPSA) is 26.0 Å². The number of hydrogen-bond acceptors (Lipinski definition) is 2. The molecule has 4 heteroatoms. The Morgan fingerprint density at radius 3 is 2.54 bits per heavy atom. The molecule has 0 atom stereocenters. The molecule has 0 bridgehead atoms. The second kappa shape index (κ2) is 10.4. The van der Waals surface area contributed by atoms with Gasteiger partial charge in [0.1, 0.15) is 5.76 Å². The van der Waals surface area contributed by atoms with Crippen molar-refractivity contribution in [1.29, 1.82) is 0 Å². The maximum atomic E-state index is 6.62. The Kier molecular flexibility index (Phi) is 8.28. The summed E-state index contributed by atoms with van der Waals surface area (Å²) in [6.45, 7) is 11.9. The van der Waals surface area contributed by atoms with Crippen LogP contribution in [0.25, 0.3) is 28.0 Å². The van der Waals surface area contributed by atoms with Crippen molar-refractivity contribution in [3.05, 3.63) is 82.0 Å². The summed E-state index contributed by atoms with van der Waals surface area (Å²) >= 11 is 10.1. The molecule has 0 fully saturated rings. The normalized spacial score (nSPS) is 11.6. The van der Waals surface area contributed by atoms with Crippen LogP contribution < -0.4 is 0 Å². The summed E-state index contributed by atoms with van der Waals surface area (Å²) in [4.78, 5) is 4.42. The van der Waals surface area contributed by atoms with Crippen LogP contribution in [0.15, 0.2) is 70.2 Å². The van der Waals surface area contributed by atoms with Crippen LogP contribution in [0.3, 0.4) is 0 Å². The first kappa shape index (κ1) is 22.2. The monoisotopic (exact) mass is 457 g/mol. The highest BCUT2D eigenvalue weighted by atomic mass is 79.9. The number of furan rings is 1. The van der Waals surface area contributed by atoms with Crippen LogP contribution in [0, 0.1) is 6.92 Å². The molecule has 0 spiro atoms. The lowest BCUT2D eigenvalue weighted by Crippen LogP contribution is -1.87. The summed E-state index contributed by atoms with van der Waals surface area (Å²) in [5.74, 6) is 0.765. The molecule has 2 nitrogen and oxygen atoms in total. The number of nitrogens with zero attached hydrogens (tertiary/aromatic N) is 1. The number of rotatable bonds is 5. The molecule has 0 amide bonds. The molecule has 0 saturated heterocycles. The standard InChI is InChI=1S/C22H19BrClNO.C2H6/c1-4-6-8-15(7-5-2)18-19-20(24)17(23)13-25-22(19)26-21(18)16-11-9-14(3)10-12-16;1-2/h4,6-13H,1,5H2,2-3H3;1-2H3/b8-6-,15-7+;. The fourth-order valence-electron chi connectivity index (χ4n) is 2.83. The quantitative estimate of drug-likeness (QED) is 0.357. The van der Waals surface area contributed by atoms with Crippen LogP contribution in [-0.2, 0) is 0 Å². The average molecular weight is 459 g/mol. The van der Waals surface area contributed by atoms with Gasteiger partial charge in [-0.2, -0.15) is 0 Å². The maximum Gasteiger partial charge on any atom is 0.228 e. The van der Waals surface area contributed by atoms with Gasteiger partial charge < -0.3 is 4.42 Å². The fraction of sp³-hybridized carbons (Fsp3) is 0.208. The van der Waals surface area contributed by atoms with Crippen molar-refractivity contribution >= 4 is 44.2 Å². The average Bonchev–Trinajstić information content (AvgIpc) is 3.10. The van der Waals surface area contributed by atoms with Gasteiger partial charge >= 0.3 is 0 Å². The number of pyridine rings is 1. The minimum atomic E-state index is 0.526. The van der Waals surface area contributed by atoms with Gasteiger partial charge in [-0.3, -0.25) is 0 Å². The van der Waals surface area contributed by atoms with Gasteiger partial charge in [0.15, 0.2) is 0 Å². The van der Waals surface area contributed by atoms with Gasteiger partial charge in [-0.25, -0.2) is 4.98 Å². The minimum absolute atomic E-state index is 0.526. The highest BCUT2D eigenvalue weighted by Gasteiger charge is 2.22. The second-order valence-electron chi connectivity index (χ2n) is 5.94. The second-order valence-corrected chi connectivity index (χ2v) is 7.17. The molecule has 2 heterocycles. The van der Waals surface area contributed by atoms with Gasteiger partial charge in [-0.1, -0.05) is 93.1 Å². The van der Waals surface area contributed by atoms with Crippen molar-refractivity contribution in [1.82, 2.24) is 4.98 Å². The van der Waals surface area contributed by atoms with Crippen molar-refractivity contribution in [2.45, 2.75) is 34.1 Å². The van der Waals surface area contributed by atoms with E-state index in [-0.39, 0.29) is 0 Å². The van der Waals surface area contributed by atoms with E-state index in [1.807, 2.05) is 26.0 Å². The van der Waals surface area contributed by atoms with Crippen LogP contribution in [-0.4, -0.2) is 4.98 Å². The summed E-state index contributed by atoms with van der Waals surface area (Å²) in [5, 5.41) is 1.41. The Morgan fingerprint density at radius 1 is 1.25 bits per heavy atom. The molecule has 0 unspecified atom stereocenters. The van der Waals surface area contributed by atoms with E-state index < -0.39 is 0 Å². The third-order valence-corrected chi connectivity index (χ3v) is 5.27. The predicted octanol–water partition coefficient (Wildman–Crippen LogP) is 8.78. The number of aromatic nitrogens is 1. The molecule has 0 aliphatic heterocycles. The third kappa shape index (κ3) is 4.65. The number of aryl methyl sites for hydroxylation is 1. The van der Waals surface area contributed by atoms with E-state index in [0.717, 1.165) is 38.7 Å². The number of allylic oxidation sites excluding steroid dienone is 5. The van der Waals surface area contributed by atoms with E-state index in [0.29, 0.717) is 10.7 Å². The third-order valence-electron chi connectivity index (χ3n) is 4.05. The van der Waals surface area contributed by atoms with Crippen LogP contribution >= 0.6 is 27.5 Å². The smallest absolute Gasteiger partial charge is 0.228 e. The number of halogens is 2. The highest BCUT2D eigenvalue weighted by molar-refractivity contribution is 9.10. The molecule has 146 valence electrons. The Hall–Kier alpha value is -2.10. The van der Waals surface area contributed by atoms with Gasteiger partial charge in [-0.05, 0) is 34.8 Å². The Balaban J connectivity index is 0.00000136. The fourth-order valence-corrected chi connectivity index (χ4v) is 3.36. The highest BCUT2D eigenvalue weighted by Crippen LogP contribution is 2.43. The molecule has 1 aromatic carbocycles. The molecule has 0 aliphatic carbocycles. The van der Waals surface area contributed by atoms with Crippen molar-refractivity contribution in [3.8, 4) is 11.3 Å². The lowest BCUT2D eigenvalue weighted by molar-refractivity contribution is 0.617. The summed E-state index contributed by atoms with van der Waals surface area (Å²) in [5.41, 5.74) is 4.69. The molecule has 0 N–H and O–H groups in total. The summed E-state index contributed by atoms with van der Waals surface area (Å²) in [6, 6.07) is 8.25. The summed E-state index contributed by atoms with van der Waals surface area (Å²) < 4.78 is 6.89. The van der Waals surface area contributed by atoms with Crippen LogP contribution in [0.2, 0.25) is 5.02 Å². The van der Waals surface area contributed by atoms with Crippen molar-refractivity contribution < 1.29 is 4.42 Å². The zero-order valence-corrected chi connectivity index (χ0v) is 19.1. The molecular weight excluding hydrogens is 434 g/mol. The van der Waals surface area contributed by atoms with Crippen LogP contribution in [0.5, 0.6) is 0 Å². The van der Waals surface area contributed by atoms with Crippen molar-refractivity contribution in [2.24, 2.45) is 0 Å². The van der Waals surface area contributed by atoms with Crippen LogP contribution in [0.4, 0.5) is 0 Å². The molecular formula is C24H25BrClNO. The van der Waals surface area contributed by atoms with Crippen LogP contribution in [0.1, 0.15) is 38.3 Å². The van der Waals surface area contributed by atoms with Gasteiger partial charge in [0.2, 0.25) is 5.71 Å². The lowest BCUT2D eigenvalue weighted by atomic mass is 9.97. The van der Waals surface area contributed by atoms with Gasteiger partial charge in [0.05, 0.1) is 14.9 Å². The van der Waals surface area contributed by atoms with Crippen molar-refractivity contribution in [2.75, 3.05) is 0 Å². The summed E-state index contributed by atoms with van der Waals surface area (Å²) in [6.07, 6.45) is 10.4. The van der Waals surface area contributed by atoms with Gasteiger partial charge in [-0.15, -0.1) is 0 Å². The molecule has 0 radical (unpaired) electrons. The Bertz CT molecular complexity index is 1010. The largest absolute Gasteiger partial charge is 0.437 e. The van der Waals surface area contributed by atoms with E-state index in [9.17, 15) is 0 Å². The van der Waals surface area contributed by atoms with E-state index in [1.54, 1.807) is 12.3 Å². The van der Waals surface area contributed by atoms with Gasteiger partial charge in [0, 0.05) is 17.3 Å². The zero-order chi connectivity index (χ0) is 20.7. The maximum absolute atomic E-state index is 6.62. The molecule has 0 aliphatic rings. The first-order valence-electron chi connectivity index (χ1n) is 9.40. The first-order chi connectivity index (χ1) is 13.6. The predicted molar refractivity (Wildman–Crippen MR) is 126 cm³/mol. The van der Waals surface area contributed by atoms with E-state index >= 15 is 0 Å². The van der Waals surface area contributed by atoms with Crippen molar-refractivity contribution in [3.63, 3.8) is 0 Å². The lowest BCUT2D eigenvalue weighted by Gasteiger charge is -2.06. The Labute approximate surface area is 180 Å². The molecule has 3 rings (SSSR count). The summed E-state index contributed by atoms with van der Waals surface area (Å²) in [7, 11) is 0. The van der Waals surface area contributed by atoms with Gasteiger partial charge in [0.25, 0.3) is 0 Å². The first-order valence-corrected chi connectivity index (χ1v) is 10.6. The minimum Gasteiger partial charge on any atom is -0.437 e. The number of benzene rings is 1. The van der Waals surface area contributed by atoms with E-state index in [1.165, 1.54) is 5.56 Å². The number of hydrogen-bond donors (Lipinski definition) is 0. The Morgan fingerprint density at radius 2 is 1.93 bits per heavy atom. The molecule has 3 aromatic rings.